The fourth-order valence-corrected chi connectivity index (χ4v) is 3.86. The fourth-order valence-electron chi connectivity index (χ4n) is 3.86. The van der Waals surface area contributed by atoms with Gasteiger partial charge in [-0.25, -0.2) is 4.98 Å². The number of benzene rings is 1. The van der Waals surface area contributed by atoms with Crippen LogP contribution in [0.25, 0.3) is 0 Å². The van der Waals surface area contributed by atoms with E-state index in [-0.39, 0.29) is 12.1 Å². The van der Waals surface area contributed by atoms with Crippen LogP contribution in [-0.2, 0) is 9.53 Å². The molecular weight excluding hydrogens is 368 g/mol. The van der Waals surface area contributed by atoms with Crippen LogP contribution in [0.4, 0.5) is 22.9 Å². The lowest BCUT2D eigenvalue weighted by Gasteiger charge is -2.35. The average Bonchev–Trinajstić information content (AvgIpc) is 2.76. The van der Waals surface area contributed by atoms with E-state index < -0.39 is 0 Å². The number of ether oxygens (including phenoxy) is 2. The van der Waals surface area contributed by atoms with Gasteiger partial charge in [0.05, 0.1) is 30.8 Å². The van der Waals surface area contributed by atoms with Crippen molar-refractivity contribution in [3.8, 4) is 5.75 Å². The number of hydrogen-bond acceptors (Lipinski definition) is 6. The van der Waals surface area contributed by atoms with E-state index in [0.717, 1.165) is 60.5 Å². The van der Waals surface area contributed by atoms with Gasteiger partial charge in [0.1, 0.15) is 11.6 Å². The number of anilines is 4. The van der Waals surface area contributed by atoms with Crippen molar-refractivity contribution < 1.29 is 14.3 Å². The lowest BCUT2D eigenvalue weighted by Crippen LogP contribution is -2.39. The monoisotopic (exact) mass is 398 g/mol. The first-order chi connectivity index (χ1) is 14.1. The molecule has 156 valence electrons. The van der Waals surface area contributed by atoms with Crippen LogP contribution in [0.1, 0.15) is 31.2 Å². The normalized spacial score (nSPS) is 18.8. The highest BCUT2D eigenvalue weighted by Gasteiger charge is 2.27. The molecule has 1 aliphatic carbocycles. The van der Waals surface area contributed by atoms with Gasteiger partial charge in [-0.15, -0.1) is 0 Å². The Morgan fingerprint density at radius 3 is 2.48 bits per heavy atom. The molecular formula is C22H30N4O3. The first-order valence-corrected chi connectivity index (χ1v) is 9.95. The Morgan fingerprint density at radius 1 is 1.14 bits per heavy atom. The summed E-state index contributed by atoms with van der Waals surface area (Å²) in [5.74, 6) is 1.50. The molecule has 1 fully saturated rings. The second kappa shape index (κ2) is 9.60. The molecule has 29 heavy (non-hydrogen) atoms. The number of hydrogen-bond donors (Lipinski definition) is 2. The standard InChI is InChI=1S/C22H30N4O3/c1-15-11-18(29-4)9-10-19(15)25-22-12-21(20(23-2)13-24-22)26(14-27)16-5-7-17(28-3)8-6-16/h9-14,16-17,23H,5-8H2,1-4H3,(H,24,25). The number of aromatic nitrogens is 1. The lowest BCUT2D eigenvalue weighted by molar-refractivity contribution is -0.108. The van der Waals surface area contributed by atoms with E-state index in [0.29, 0.717) is 5.82 Å². The van der Waals surface area contributed by atoms with Crippen LogP contribution in [0.3, 0.4) is 0 Å². The van der Waals surface area contributed by atoms with Gasteiger partial charge in [-0.1, -0.05) is 0 Å². The summed E-state index contributed by atoms with van der Waals surface area (Å²) in [4.78, 5) is 18.4. The average molecular weight is 399 g/mol. The number of amides is 1. The molecule has 1 aromatic carbocycles. The molecule has 0 unspecified atom stereocenters. The summed E-state index contributed by atoms with van der Waals surface area (Å²) in [5, 5.41) is 6.51. The van der Waals surface area contributed by atoms with Crippen molar-refractivity contribution in [3.63, 3.8) is 0 Å². The van der Waals surface area contributed by atoms with Crippen molar-refractivity contribution in [1.82, 2.24) is 4.98 Å². The van der Waals surface area contributed by atoms with Crippen molar-refractivity contribution in [3.05, 3.63) is 36.0 Å². The maximum absolute atomic E-state index is 12.0. The SMILES string of the molecule is CNc1cnc(Nc2ccc(OC)cc2C)cc1N(C=O)C1CCC(OC)CC1. The second-order valence-electron chi connectivity index (χ2n) is 7.32. The first kappa shape index (κ1) is 20.9. The summed E-state index contributed by atoms with van der Waals surface area (Å²) in [6.45, 7) is 2.01. The Hall–Kier alpha value is -2.80. The third-order valence-corrected chi connectivity index (χ3v) is 5.61. The predicted octanol–water partition coefficient (Wildman–Crippen LogP) is 4.10. The van der Waals surface area contributed by atoms with Gasteiger partial charge in [-0.2, -0.15) is 0 Å². The summed E-state index contributed by atoms with van der Waals surface area (Å²) in [6.07, 6.45) is 6.73. The molecule has 0 atom stereocenters. The van der Waals surface area contributed by atoms with E-state index in [4.69, 9.17) is 9.47 Å². The van der Waals surface area contributed by atoms with Crippen molar-refractivity contribution in [2.45, 2.75) is 44.8 Å². The number of carbonyl (C=O) groups excluding carboxylic acids is 1. The minimum absolute atomic E-state index is 0.156. The predicted molar refractivity (Wildman–Crippen MR) is 116 cm³/mol. The zero-order valence-electron chi connectivity index (χ0n) is 17.6. The van der Waals surface area contributed by atoms with E-state index in [1.165, 1.54) is 0 Å². The molecule has 0 bridgehead atoms. The van der Waals surface area contributed by atoms with Crippen LogP contribution in [0.5, 0.6) is 5.75 Å². The van der Waals surface area contributed by atoms with Crippen molar-refractivity contribution >= 4 is 29.3 Å². The third-order valence-electron chi connectivity index (χ3n) is 5.61. The Kier molecular flexibility index (Phi) is 6.93. The molecule has 1 heterocycles. The van der Waals surface area contributed by atoms with Crippen LogP contribution in [0.2, 0.25) is 0 Å². The topological polar surface area (TPSA) is 75.7 Å². The Morgan fingerprint density at radius 2 is 1.90 bits per heavy atom. The number of pyridine rings is 1. The van der Waals surface area contributed by atoms with Gasteiger partial charge in [0.15, 0.2) is 0 Å². The van der Waals surface area contributed by atoms with Crippen molar-refractivity contribution in [2.24, 2.45) is 0 Å². The van der Waals surface area contributed by atoms with Gasteiger partial charge in [-0.05, 0) is 56.4 Å². The largest absolute Gasteiger partial charge is 0.497 e. The van der Waals surface area contributed by atoms with Gasteiger partial charge >= 0.3 is 0 Å². The van der Waals surface area contributed by atoms with Gasteiger partial charge in [0, 0.05) is 32.0 Å². The quantitative estimate of drug-likeness (QED) is 0.652. The molecule has 2 N–H and O–H groups in total. The summed E-state index contributed by atoms with van der Waals surface area (Å²) in [7, 11) is 5.25. The van der Waals surface area contributed by atoms with E-state index >= 15 is 0 Å². The molecule has 1 aromatic heterocycles. The van der Waals surface area contributed by atoms with Crippen molar-refractivity contribution in [1.29, 1.82) is 0 Å². The molecule has 1 saturated carbocycles. The summed E-state index contributed by atoms with van der Waals surface area (Å²) < 4.78 is 10.7. The number of nitrogens with zero attached hydrogens (tertiary/aromatic N) is 2. The summed E-state index contributed by atoms with van der Waals surface area (Å²) >= 11 is 0. The van der Waals surface area contributed by atoms with Crippen LogP contribution < -0.4 is 20.3 Å². The van der Waals surface area contributed by atoms with Gasteiger partial charge in [-0.3, -0.25) is 4.79 Å². The Balaban J connectivity index is 1.85. The summed E-state index contributed by atoms with van der Waals surface area (Å²) in [6, 6.07) is 7.92. The third kappa shape index (κ3) is 4.79. The van der Waals surface area contributed by atoms with Crippen LogP contribution in [-0.4, -0.2) is 44.8 Å². The lowest BCUT2D eigenvalue weighted by atomic mass is 9.91. The molecule has 0 saturated heterocycles. The molecule has 0 spiro atoms. The van der Waals surface area contributed by atoms with Crippen molar-refractivity contribution in [2.75, 3.05) is 36.8 Å². The van der Waals surface area contributed by atoms with E-state index in [1.807, 2.05) is 43.1 Å². The molecule has 1 aliphatic rings. The van der Waals surface area contributed by atoms with Gasteiger partial charge < -0.3 is 25.0 Å². The van der Waals surface area contributed by atoms with Gasteiger partial charge in [0.25, 0.3) is 0 Å². The summed E-state index contributed by atoms with van der Waals surface area (Å²) in [5.41, 5.74) is 3.64. The highest BCUT2D eigenvalue weighted by Crippen LogP contribution is 2.34. The minimum Gasteiger partial charge on any atom is -0.497 e. The fraction of sp³-hybridized carbons (Fsp3) is 0.455. The Labute approximate surface area is 172 Å². The number of methoxy groups -OCH3 is 2. The molecule has 3 rings (SSSR count). The molecule has 7 heteroatoms. The molecule has 0 aliphatic heterocycles. The second-order valence-corrected chi connectivity index (χ2v) is 7.32. The molecule has 7 nitrogen and oxygen atoms in total. The van der Waals surface area contributed by atoms with E-state index in [2.05, 4.69) is 15.6 Å². The first-order valence-electron chi connectivity index (χ1n) is 9.95. The maximum atomic E-state index is 12.0. The molecule has 2 aromatic rings. The number of carbonyl (C=O) groups is 1. The highest BCUT2D eigenvalue weighted by molar-refractivity contribution is 5.85. The van der Waals surface area contributed by atoms with E-state index in [9.17, 15) is 4.79 Å². The molecule has 1 amide bonds. The van der Waals surface area contributed by atoms with Crippen LogP contribution >= 0.6 is 0 Å². The van der Waals surface area contributed by atoms with Crippen LogP contribution in [0, 0.1) is 6.92 Å². The number of nitrogens with one attached hydrogen (secondary N) is 2. The Bertz CT molecular complexity index is 835. The van der Waals surface area contributed by atoms with Crippen LogP contribution in [0.15, 0.2) is 30.5 Å². The zero-order valence-corrected chi connectivity index (χ0v) is 17.6. The smallest absolute Gasteiger partial charge is 0.214 e. The number of aryl methyl sites for hydroxylation is 1. The van der Waals surface area contributed by atoms with E-state index in [1.54, 1.807) is 20.4 Å². The highest BCUT2D eigenvalue weighted by atomic mass is 16.5. The number of rotatable bonds is 8. The minimum atomic E-state index is 0.156. The maximum Gasteiger partial charge on any atom is 0.214 e. The zero-order chi connectivity index (χ0) is 20.8. The van der Waals surface area contributed by atoms with Gasteiger partial charge in [0.2, 0.25) is 6.41 Å². The molecule has 0 radical (unpaired) electrons.